The Labute approximate surface area is 146 Å². The van der Waals surface area contributed by atoms with Crippen molar-refractivity contribution in [1.82, 2.24) is 10.6 Å². The number of guanidine groups is 1. The summed E-state index contributed by atoms with van der Waals surface area (Å²) in [6.07, 6.45) is 0.110. The number of hydrogen-bond acceptors (Lipinski definition) is 2. The molecule has 1 aliphatic carbocycles. The molecule has 22 heavy (non-hydrogen) atoms. The number of hydrogen-bond donors (Lipinski definition) is 2. The zero-order valence-corrected chi connectivity index (χ0v) is 14.8. The van der Waals surface area contributed by atoms with Crippen LogP contribution in [0.25, 0.3) is 0 Å². The first-order valence-corrected chi connectivity index (χ1v) is 7.12. The average molecular weight is 425 g/mol. The van der Waals surface area contributed by atoms with Gasteiger partial charge in [-0.2, -0.15) is 0 Å². The molecule has 2 N–H and O–H groups in total. The zero-order valence-electron chi connectivity index (χ0n) is 12.5. The van der Waals surface area contributed by atoms with E-state index in [1.54, 1.807) is 25.2 Å². The summed E-state index contributed by atoms with van der Waals surface area (Å²) in [6.45, 7) is 0.926. The fourth-order valence-corrected chi connectivity index (χ4v) is 1.87. The van der Waals surface area contributed by atoms with Gasteiger partial charge in [0.2, 0.25) is 0 Å². The predicted molar refractivity (Wildman–Crippen MR) is 94.3 cm³/mol. The van der Waals surface area contributed by atoms with Crippen LogP contribution in [0, 0.1) is 5.92 Å². The van der Waals surface area contributed by atoms with Gasteiger partial charge in [0.15, 0.2) is 5.96 Å². The Balaban J connectivity index is 0.00000242. The van der Waals surface area contributed by atoms with E-state index in [4.69, 9.17) is 4.74 Å². The van der Waals surface area contributed by atoms with Gasteiger partial charge < -0.3 is 15.4 Å². The molecule has 2 rings (SSSR count). The van der Waals surface area contributed by atoms with Gasteiger partial charge in [-0.05, 0) is 36.5 Å². The Morgan fingerprint density at radius 3 is 2.77 bits per heavy atom. The molecule has 1 fully saturated rings. The summed E-state index contributed by atoms with van der Waals surface area (Å²) in [5.74, 6) is 1.98. The molecule has 0 atom stereocenters. The smallest absolute Gasteiger partial charge is 0.272 e. The lowest BCUT2D eigenvalue weighted by Gasteiger charge is -2.12. The van der Waals surface area contributed by atoms with E-state index in [1.807, 2.05) is 6.07 Å². The molecule has 1 aromatic rings. The van der Waals surface area contributed by atoms with Crippen LogP contribution in [0.4, 0.5) is 8.78 Å². The Hall–Kier alpha value is -1.12. The highest BCUT2D eigenvalue weighted by molar-refractivity contribution is 14.0. The zero-order chi connectivity index (χ0) is 15.1. The molecular formula is C15H22F2IN3O. The van der Waals surface area contributed by atoms with Crippen LogP contribution in [0.3, 0.4) is 0 Å². The number of halogens is 3. The Kier molecular flexibility index (Phi) is 8.44. The largest absolute Gasteiger partial charge is 0.488 e. The third kappa shape index (κ3) is 7.24. The van der Waals surface area contributed by atoms with Crippen LogP contribution in [0.1, 0.15) is 18.4 Å². The highest BCUT2D eigenvalue weighted by Gasteiger charge is 2.20. The van der Waals surface area contributed by atoms with Gasteiger partial charge in [0.05, 0.1) is 0 Å². The monoisotopic (exact) mass is 425 g/mol. The van der Waals surface area contributed by atoms with E-state index in [9.17, 15) is 8.78 Å². The number of benzene rings is 1. The topological polar surface area (TPSA) is 45.7 Å². The number of alkyl halides is 2. The van der Waals surface area contributed by atoms with Gasteiger partial charge in [-0.15, -0.1) is 24.0 Å². The number of aliphatic imine (C=N–C) groups is 1. The van der Waals surface area contributed by atoms with E-state index in [0.29, 0.717) is 12.3 Å². The summed E-state index contributed by atoms with van der Waals surface area (Å²) < 4.78 is 29.2. The molecule has 0 heterocycles. The fraction of sp³-hybridized carbons (Fsp3) is 0.533. The van der Waals surface area contributed by atoms with Gasteiger partial charge in [0.1, 0.15) is 12.4 Å². The lowest BCUT2D eigenvalue weighted by molar-refractivity contribution is 0.0818. The molecule has 0 spiro atoms. The highest BCUT2D eigenvalue weighted by atomic mass is 127. The van der Waals surface area contributed by atoms with Crippen LogP contribution in [0.15, 0.2) is 29.3 Å². The summed E-state index contributed by atoms with van der Waals surface area (Å²) in [7, 11) is 1.73. The van der Waals surface area contributed by atoms with Gasteiger partial charge >= 0.3 is 0 Å². The number of nitrogens with one attached hydrogen (secondary N) is 2. The summed E-state index contributed by atoms with van der Waals surface area (Å²) in [4.78, 5) is 4.15. The maximum atomic E-state index is 12.1. The fourth-order valence-electron chi connectivity index (χ4n) is 1.87. The van der Waals surface area contributed by atoms with Crippen molar-refractivity contribution in [2.75, 3.05) is 20.2 Å². The minimum absolute atomic E-state index is 0. The van der Waals surface area contributed by atoms with Gasteiger partial charge in [-0.3, -0.25) is 4.99 Å². The van der Waals surface area contributed by atoms with E-state index in [0.717, 1.165) is 24.0 Å². The van der Waals surface area contributed by atoms with Crippen molar-refractivity contribution in [3.05, 3.63) is 29.8 Å². The lowest BCUT2D eigenvalue weighted by Crippen LogP contribution is -2.37. The third-order valence-electron chi connectivity index (χ3n) is 3.21. The van der Waals surface area contributed by atoms with Crippen molar-refractivity contribution in [1.29, 1.82) is 0 Å². The van der Waals surface area contributed by atoms with Crippen molar-refractivity contribution in [3.8, 4) is 5.75 Å². The SMILES string of the molecule is CN=C(NCc1cccc(OCC(F)F)c1)NCC1CC1.I. The van der Waals surface area contributed by atoms with Gasteiger partial charge in [0, 0.05) is 20.1 Å². The molecule has 7 heteroatoms. The van der Waals surface area contributed by atoms with Crippen molar-refractivity contribution < 1.29 is 13.5 Å². The number of rotatable bonds is 7. The third-order valence-corrected chi connectivity index (χ3v) is 3.21. The van der Waals surface area contributed by atoms with Gasteiger partial charge in [-0.1, -0.05) is 12.1 Å². The van der Waals surface area contributed by atoms with Crippen LogP contribution in [0.2, 0.25) is 0 Å². The molecule has 1 saturated carbocycles. The molecule has 1 aliphatic rings. The Morgan fingerprint density at radius 1 is 1.36 bits per heavy atom. The minimum atomic E-state index is -2.46. The maximum Gasteiger partial charge on any atom is 0.272 e. The van der Waals surface area contributed by atoms with E-state index in [-0.39, 0.29) is 24.0 Å². The maximum absolute atomic E-state index is 12.1. The van der Waals surface area contributed by atoms with Crippen LogP contribution >= 0.6 is 24.0 Å². The van der Waals surface area contributed by atoms with E-state index >= 15 is 0 Å². The van der Waals surface area contributed by atoms with E-state index in [2.05, 4.69) is 15.6 Å². The Morgan fingerprint density at radius 2 is 2.14 bits per heavy atom. The van der Waals surface area contributed by atoms with Crippen molar-refractivity contribution in [2.45, 2.75) is 25.8 Å². The highest BCUT2D eigenvalue weighted by Crippen LogP contribution is 2.27. The number of ether oxygens (including phenoxy) is 1. The quantitative estimate of drug-likeness (QED) is 0.401. The van der Waals surface area contributed by atoms with E-state index in [1.165, 1.54) is 12.8 Å². The Bertz CT molecular complexity index is 482. The first kappa shape index (κ1) is 18.9. The average Bonchev–Trinajstić information content (AvgIpc) is 3.30. The van der Waals surface area contributed by atoms with Gasteiger partial charge in [0.25, 0.3) is 6.43 Å². The molecule has 0 saturated heterocycles. The van der Waals surface area contributed by atoms with Crippen molar-refractivity contribution in [3.63, 3.8) is 0 Å². The summed E-state index contributed by atoms with van der Waals surface area (Å²) in [6, 6.07) is 7.13. The number of nitrogens with zero attached hydrogens (tertiary/aromatic N) is 1. The first-order chi connectivity index (χ1) is 10.2. The van der Waals surface area contributed by atoms with Gasteiger partial charge in [-0.25, -0.2) is 8.78 Å². The van der Waals surface area contributed by atoms with Crippen LogP contribution in [-0.4, -0.2) is 32.6 Å². The molecule has 1 aromatic carbocycles. The summed E-state index contributed by atoms with van der Waals surface area (Å²) >= 11 is 0. The summed E-state index contributed by atoms with van der Waals surface area (Å²) in [5.41, 5.74) is 0.955. The standard InChI is InChI=1S/C15H21F2N3O.HI/c1-18-15(19-8-11-5-6-11)20-9-12-3-2-4-13(7-12)21-10-14(16)17;/h2-4,7,11,14H,5-6,8-10H2,1H3,(H2,18,19,20);1H. The molecule has 124 valence electrons. The molecule has 0 aromatic heterocycles. The molecule has 4 nitrogen and oxygen atoms in total. The molecule has 0 amide bonds. The normalized spacial score (nSPS) is 14.5. The summed E-state index contributed by atoms with van der Waals surface area (Å²) in [5, 5.41) is 6.46. The van der Waals surface area contributed by atoms with Crippen molar-refractivity contribution >= 4 is 29.9 Å². The predicted octanol–water partition coefficient (Wildman–Crippen LogP) is 3.02. The first-order valence-electron chi connectivity index (χ1n) is 7.12. The van der Waals surface area contributed by atoms with Crippen LogP contribution in [0.5, 0.6) is 5.75 Å². The second-order valence-electron chi connectivity index (χ2n) is 5.10. The second kappa shape index (κ2) is 9.81. The van der Waals surface area contributed by atoms with Crippen LogP contribution in [-0.2, 0) is 6.54 Å². The van der Waals surface area contributed by atoms with Crippen molar-refractivity contribution in [2.24, 2.45) is 10.9 Å². The minimum Gasteiger partial charge on any atom is -0.488 e. The molecule has 0 bridgehead atoms. The molecule has 0 radical (unpaired) electrons. The second-order valence-corrected chi connectivity index (χ2v) is 5.10. The lowest BCUT2D eigenvalue weighted by atomic mass is 10.2. The molecular weight excluding hydrogens is 403 g/mol. The molecule has 0 unspecified atom stereocenters. The van der Waals surface area contributed by atoms with Crippen LogP contribution < -0.4 is 15.4 Å². The van der Waals surface area contributed by atoms with E-state index < -0.39 is 13.0 Å². The molecule has 0 aliphatic heterocycles.